The van der Waals surface area contributed by atoms with Crippen LogP contribution >= 0.6 is 0 Å². The van der Waals surface area contributed by atoms with Gasteiger partial charge in [-0.1, -0.05) is 6.92 Å². The number of rotatable bonds is 5. The van der Waals surface area contributed by atoms with E-state index < -0.39 is 11.9 Å². The van der Waals surface area contributed by atoms with E-state index in [-0.39, 0.29) is 24.4 Å². The molecule has 92 valence electrons. The van der Waals surface area contributed by atoms with Gasteiger partial charge in [-0.15, -0.1) is 0 Å². The normalized spacial score (nSPS) is 26.4. The summed E-state index contributed by atoms with van der Waals surface area (Å²) in [6.45, 7) is 2.62. The van der Waals surface area contributed by atoms with Crippen LogP contribution in [0, 0.1) is 11.8 Å². The summed E-state index contributed by atoms with van der Waals surface area (Å²) in [4.78, 5) is 22.3. The number of carboxylic acid groups (broad SMARTS) is 1. The van der Waals surface area contributed by atoms with E-state index in [0.717, 1.165) is 0 Å². The summed E-state index contributed by atoms with van der Waals surface area (Å²) in [5, 5.41) is 14.3. The van der Waals surface area contributed by atoms with Crippen LogP contribution in [0.25, 0.3) is 0 Å². The van der Waals surface area contributed by atoms with E-state index in [2.05, 4.69) is 10.6 Å². The van der Waals surface area contributed by atoms with E-state index in [1.54, 1.807) is 14.0 Å². The maximum atomic E-state index is 11.7. The van der Waals surface area contributed by atoms with E-state index in [9.17, 15) is 9.59 Å². The zero-order valence-corrected chi connectivity index (χ0v) is 9.53. The van der Waals surface area contributed by atoms with Crippen LogP contribution in [0.15, 0.2) is 0 Å². The predicted molar refractivity (Wildman–Crippen MR) is 57.0 cm³/mol. The number of hydrogen-bond donors (Lipinski definition) is 3. The standard InChI is InChI=1S/C10H18N2O4/c1-6(10(14)15)3-12-9(13)7-4-16-5-8(7)11-2/h6-8,11H,3-5H2,1-2H3,(H,12,13)(H,14,15). The Kier molecular flexibility index (Phi) is 4.70. The number of ether oxygens (including phenoxy) is 1. The number of likely N-dealkylation sites (N-methyl/N-ethyl adjacent to an activating group) is 1. The van der Waals surface area contributed by atoms with Crippen LogP contribution in [0.1, 0.15) is 6.92 Å². The molecule has 1 saturated heterocycles. The molecular formula is C10H18N2O4. The van der Waals surface area contributed by atoms with E-state index in [1.807, 2.05) is 0 Å². The first-order valence-corrected chi connectivity index (χ1v) is 5.31. The second-order valence-electron chi connectivity index (χ2n) is 4.02. The maximum Gasteiger partial charge on any atom is 0.308 e. The molecule has 1 rings (SSSR count). The van der Waals surface area contributed by atoms with Crippen LogP contribution in [-0.4, -0.2) is 49.8 Å². The Balaban J connectivity index is 2.37. The molecule has 6 nitrogen and oxygen atoms in total. The van der Waals surface area contributed by atoms with Crippen molar-refractivity contribution in [2.75, 3.05) is 26.8 Å². The fourth-order valence-corrected chi connectivity index (χ4v) is 1.57. The van der Waals surface area contributed by atoms with Gasteiger partial charge < -0.3 is 20.5 Å². The van der Waals surface area contributed by atoms with E-state index in [0.29, 0.717) is 13.2 Å². The lowest BCUT2D eigenvalue weighted by atomic mass is 10.0. The smallest absolute Gasteiger partial charge is 0.308 e. The lowest BCUT2D eigenvalue weighted by Gasteiger charge is -2.17. The van der Waals surface area contributed by atoms with Gasteiger partial charge in [-0.2, -0.15) is 0 Å². The van der Waals surface area contributed by atoms with Crippen LogP contribution in [0.2, 0.25) is 0 Å². The molecular weight excluding hydrogens is 212 g/mol. The first-order valence-electron chi connectivity index (χ1n) is 5.31. The molecule has 1 fully saturated rings. The van der Waals surface area contributed by atoms with Gasteiger partial charge in [0.15, 0.2) is 0 Å². The highest BCUT2D eigenvalue weighted by Gasteiger charge is 2.33. The van der Waals surface area contributed by atoms with Crippen LogP contribution in [0.5, 0.6) is 0 Å². The fraction of sp³-hybridized carbons (Fsp3) is 0.800. The maximum absolute atomic E-state index is 11.7. The van der Waals surface area contributed by atoms with Crippen molar-refractivity contribution in [3.05, 3.63) is 0 Å². The molecule has 1 heterocycles. The zero-order valence-electron chi connectivity index (χ0n) is 9.53. The van der Waals surface area contributed by atoms with Gasteiger partial charge in [0.1, 0.15) is 0 Å². The van der Waals surface area contributed by atoms with Crippen LogP contribution in [0.3, 0.4) is 0 Å². The molecule has 0 aromatic carbocycles. The molecule has 0 aromatic heterocycles. The molecule has 3 N–H and O–H groups in total. The van der Waals surface area contributed by atoms with Crippen LogP contribution < -0.4 is 10.6 Å². The molecule has 1 aliphatic heterocycles. The SMILES string of the molecule is CNC1COCC1C(=O)NCC(C)C(=O)O. The number of carbonyl (C=O) groups is 2. The van der Waals surface area contributed by atoms with E-state index in [4.69, 9.17) is 9.84 Å². The Labute approximate surface area is 94.3 Å². The van der Waals surface area contributed by atoms with Gasteiger partial charge in [-0.05, 0) is 7.05 Å². The summed E-state index contributed by atoms with van der Waals surface area (Å²) in [6.07, 6.45) is 0. The molecule has 16 heavy (non-hydrogen) atoms. The van der Waals surface area contributed by atoms with Crippen molar-refractivity contribution in [3.63, 3.8) is 0 Å². The van der Waals surface area contributed by atoms with Gasteiger partial charge >= 0.3 is 5.97 Å². The van der Waals surface area contributed by atoms with Crippen molar-refractivity contribution in [2.45, 2.75) is 13.0 Å². The summed E-state index contributed by atoms with van der Waals surface area (Å²) in [5.74, 6) is -1.86. The largest absolute Gasteiger partial charge is 0.481 e. The molecule has 0 aliphatic carbocycles. The summed E-state index contributed by atoms with van der Waals surface area (Å²) in [6, 6.07) is 0.0140. The van der Waals surface area contributed by atoms with Crippen molar-refractivity contribution < 1.29 is 19.4 Å². The summed E-state index contributed by atoms with van der Waals surface area (Å²) in [7, 11) is 1.78. The first kappa shape index (κ1) is 12.9. The zero-order chi connectivity index (χ0) is 12.1. The molecule has 3 atom stereocenters. The number of amides is 1. The Morgan fingerprint density at radius 1 is 1.50 bits per heavy atom. The molecule has 6 heteroatoms. The van der Waals surface area contributed by atoms with Gasteiger partial charge in [-0.25, -0.2) is 0 Å². The third-order valence-corrected chi connectivity index (χ3v) is 2.79. The topological polar surface area (TPSA) is 87.7 Å². The Morgan fingerprint density at radius 3 is 2.75 bits per heavy atom. The molecule has 0 spiro atoms. The second kappa shape index (κ2) is 5.81. The lowest BCUT2D eigenvalue weighted by molar-refractivity contribution is -0.141. The highest BCUT2D eigenvalue weighted by Crippen LogP contribution is 2.13. The molecule has 1 amide bonds. The van der Waals surface area contributed by atoms with Crippen molar-refractivity contribution in [1.29, 1.82) is 0 Å². The third kappa shape index (κ3) is 3.18. The predicted octanol–water partition coefficient (Wildman–Crippen LogP) is -0.942. The van der Waals surface area contributed by atoms with Crippen molar-refractivity contribution in [1.82, 2.24) is 10.6 Å². The van der Waals surface area contributed by atoms with Gasteiger partial charge in [-0.3, -0.25) is 9.59 Å². The lowest BCUT2D eigenvalue weighted by Crippen LogP contribution is -2.44. The molecule has 0 radical (unpaired) electrons. The number of aliphatic carboxylic acids is 1. The summed E-state index contributed by atoms with van der Waals surface area (Å²) >= 11 is 0. The average Bonchev–Trinajstić information content (AvgIpc) is 2.73. The van der Waals surface area contributed by atoms with Gasteiger partial charge in [0, 0.05) is 12.6 Å². The highest BCUT2D eigenvalue weighted by molar-refractivity contribution is 5.80. The summed E-state index contributed by atoms with van der Waals surface area (Å²) in [5.41, 5.74) is 0. The monoisotopic (exact) mass is 230 g/mol. The molecule has 0 bridgehead atoms. The quantitative estimate of drug-likeness (QED) is 0.567. The number of hydrogen-bond acceptors (Lipinski definition) is 4. The van der Waals surface area contributed by atoms with Crippen molar-refractivity contribution in [2.24, 2.45) is 11.8 Å². The first-order chi connectivity index (χ1) is 7.56. The fourth-order valence-electron chi connectivity index (χ4n) is 1.57. The minimum absolute atomic E-state index is 0.0140. The van der Waals surface area contributed by atoms with Crippen LogP contribution in [0.4, 0.5) is 0 Å². The van der Waals surface area contributed by atoms with E-state index in [1.165, 1.54) is 0 Å². The number of carboxylic acids is 1. The number of nitrogens with one attached hydrogen (secondary N) is 2. The van der Waals surface area contributed by atoms with Crippen molar-refractivity contribution >= 4 is 11.9 Å². The molecule has 3 unspecified atom stereocenters. The van der Waals surface area contributed by atoms with Crippen LogP contribution in [-0.2, 0) is 14.3 Å². The van der Waals surface area contributed by atoms with Crippen molar-refractivity contribution in [3.8, 4) is 0 Å². The Hall–Kier alpha value is -1.14. The molecule has 0 saturated carbocycles. The minimum atomic E-state index is -0.909. The Morgan fingerprint density at radius 2 is 2.19 bits per heavy atom. The molecule has 0 aromatic rings. The highest BCUT2D eigenvalue weighted by atomic mass is 16.5. The van der Waals surface area contributed by atoms with E-state index >= 15 is 0 Å². The third-order valence-electron chi connectivity index (χ3n) is 2.79. The molecule has 1 aliphatic rings. The second-order valence-corrected chi connectivity index (χ2v) is 4.02. The van der Waals surface area contributed by atoms with Gasteiger partial charge in [0.05, 0.1) is 25.0 Å². The number of carbonyl (C=O) groups excluding carboxylic acids is 1. The summed E-state index contributed by atoms with van der Waals surface area (Å²) < 4.78 is 5.20. The Bertz CT molecular complexity index is 270. The van der Waals surface area contributed by atoms with Gasteiger partial charge in [0.25, 0.3) is 0 Å². The minimum Gasteiger partial charge on any atom is -0.481 e. The average molecular weight is 230 g/mol. The van der Waals surface area contributed by atoms with Gasteiger partial charge in [0.2, 0.25) is 5.91 Å².